The Morgan fingerprint density at radius 3 is 2.47 bits per heavy atom. The summed E-state index contributed by atoms with van der Waals surface area (Å²) in [6, 6.07) is 10.3. The first-order valence-corrected chi connectivity index (χ1v) is 10.9. The number of aromatic nitrogens is 2. The lowest BCUT2D eigenvalue weighted by Crippen LogP contribution is -2.48. The molecule has 6 nitrogen and oxygen atoms in total. The Morgan fingerprint density at radius 2 is 1.75 bits per heavy atom. The molecule has 1 aliphatic heterocycles. The summed E-state index contributed by atoms with van der Waals surface area (Å²) >= 11 is 6.11. The summed E-state index contributed by atoms with van der Waals surface area (Å²) in [4.78, 5) is 20.9. The average Bonchev–Trinajstić information content (AvgIpc) is 3.25. The van der Waals surface area contributed by atoms with E-state index < -0.39 is 0 Å². The van der Waals surface area contributed by atoms with Crippen molar-refractivity contribution in [3.8, 4) is 11.4 Å². The molecule has 1 saturated heterocycles. The number of amides is 1. The second kappa shape index (κ2) is 10.2. The molecule has 9 heteroatoms. The van der Waals surface area contributed by atoms with Crippen molar-refractivity contribution in [2.45, 2.75) is 25.8 Å². The van der Waals surface area contributed by atoms with Gasteiger partial charge in [0.25, 0.3) is 0 Å². The predicted molar refractivity (Wildman–Crippen MR) is 116 cm³/mol. The number of benzene rings is 2. The summed E-state index contributed by atoms with van der Waals surface area (Å²) in [5.74, 6) is 0.294. The normalized spacial score (nSPS) is 14.7. The Hall–Kier alpha value is -2.84. The molecule has 2 aromatic carbocycles. The lowest BCUT2D eigenvalue weighted by atomic mass is 10.1. The van der Waals surface area contributed by atoms with Gasteiger partial charge in [-0.3, -0.25) is 9.69 Å². The fraction of sp³-hybridized carbons (Fsp3) is 0.348. The summed E-state index contributed by atoms with van der Waals surface area (Å²) < 4.78 is 31.5. The highest BCUT2D eigenvalue weighted by molar-refractivity contribution is 6.31. The van der Waals surface area contributed by atoms with E-state index in [1.165, 1.54) is 24.3 Å². The van der Waals surface area contributed by atoms with Gasteiger partial charge in [0, 0.05) is 56.2 Å². The quantitative estimate of drug-likeness (QED) is 0.525. The highest BCUT2D eigenvalue weighted by atomic mass is 35.5. The molecule has 1 amide bonds. The van der Waals surface area contributed by atoms with Gasteiger partial charge in [0.05, 0.1) is 0 Å². The minimum absolute atomic E-state index is 0.0998. The molecule has 4 rings (SSSR count). The number of nitrogens with zero attached hydrogens (tertiary/aromatic N) is 4. The molecule has 0 spiro atoms. The second-order valence-corrected chi connectivity index (χ2v) is 8.17. The van der Waals surface area contributed by atoms with Crippen LogP contribution >= 0.6 is 11.6 Å². The minimum Gasteiger partial charge on any atom is -0.340 e. The molecule has 0 aliphatic carbocycles. The van der Waals surface area contributed by atoms with Crippen LogP contribution in [-0.2, 0) is 17.8 Å². The van der Waals surface area contributed by atoms with E-state index in [-0.39, 0.29) is 17.5 Å². The zero-order chi connectivity index (χ0) is 22.5. The summed E-state index contributed by atoms with van der Waals surface area (Å²) in [6.45, 7) is 3.41. The first-order chi connectivity index (χ1) is 15.5. The van der Waals surface area contributed by atoms with Gasteiger partial charge in [-0.05, 0) is 48.4 Å². The van der Waals surface area contributed by atoms with Crippen LogP contribution in [0, 0.1) is 11.6 Å². The third kappa shape index (κ3) is 5.69. The van der Waals surface area contributed by atoms with Crippen molar-refractivity contribution >= 4 is 17.5 Å². The molecular formula is C23H23ClF2N4O2. The third-order valence-electron chi connectivity index (χ3n) is 5.49. The Bertz CT molecular complexity index is 1070. The van der Waals surface area contributed by atoms with Crippen molar-refractivity contribution in [1.29, 1.82) is 0 Å². The van der Waals surface area contributed by atoms with Crippen LogP contribution in [0.1, 0.15) is 24.3 Å². The maximum Gasteiger partial charge on any atom is 0.226 e. The number of halogens is 3. The number of carbonyl (C=O) groups excluding carboxylic acids is 1. The smallest absolute Gasteiger partial charge is 0.226 e. The zero-order valence-corrected chi connectivity index (χ0v) is 18.2. The van der Waals surface area contributed by atoms with Crippen LogP contribution in [0.4, 0.5) is 8.78 Å². The Labute approximate surface area is 189 Å². The monoisotopic (exact) mass is 460 g/mol. The van der Waals surface area contributed by atoms with Gasteiger partial charge in [-0.15, -0.1) is 0 Å². The number of aryl methyl sites for hydroxylation is 1. The SMILES string of the molecule is O=C(CCCc1nc(-c2ccc(F)cc2)no1)N1CCN(Cc2ccc(F)cc2Cl)CC1. The van der Waals surface area contributed by atoms with E-state index in [0.717, 1.165) is 18.7 Å². The van der Waals surface area contributed by atoms with Crippen molar-refractivity contribution in [2.24, 2.45) is 0 Å². The highest BCUT2D eigenvalue weighted by Gasteiger charge is 2.21. The van der Waals surface area contributed by atoms with Gasteiger partial charge in [0.1, 0.15) is 11.6 Å². The van der Waals surface area contributed by atoms with Gasteiger partial charge in [0.15, 0.2) is 0 Å². The number of hydrogen-bond acceptors (Lipinski definition) is 5. The standard InChI is InChI=1S/C23H23ClF2N4O2/c24-20-14-19(26)9-6-17(20)15-29-10-12-30(13-11-29)22(31)3-1-2-21-27-23(28-32-21)16-4-7-18(25)8-5-16/h4-9,14H,1-3,10-13,15H2. The Morgan fingerprint density at radius 1 is 1.03 bits per heavy atom. The van der Waals surface area contributed by atoms with Crippen LogP contribution in [0.3, 0.4) is 0 Å². The van der Waals surface area contributed by atoms with E-state index in [1.54, 1.807) is 18.2 Å². The predicted octanol–water partition coefficient (Wildman–Crippen LogP) is 4.34. The van der Waals surface area contributed by atoms with E-state index >= 15 is 0 Å². The molecule has 168 valence electrons. The molecule has 0 unspecified atom stereocenters. The van der Waals surface area contributed by atoms with Gasteiger partial charge in [-0.1, -0.05) is 22.8 Å². The van der Waals surface area contributed by atoms with Crippen LogP contribution in [0.25, 0.3) is 11.4 Å². The van der Waals surface area contributed by atoms with E-state index in [2.05, 4.69) is 15.0 Å². The lowest BCUT2D eigenvalue weighted by molar-refractivity contribution is -0.133. The first-order valence-electron chi connectivity index (χ1n) is 10.5. The molecule has 1 aliphatic rings. The van der Waals surface area contributed by atoms with E-state index in [9.17, 15) is 13.6 Å². The molecular weight excluding hydrogens is 438 g/mol. The maximum atomic E-state index is 13.2. The number of rotatable bonds is 7. The largest absolute Gasteiger partial charge is 0.340 e. The molecule has 32 heavy (non-hydrogen) atoms. The highest BCUT2D eigenvalue weighted by Crippen LogP contribution is 2.20. The Kier molecular flexibility index (Phi) is 7.12. The van der Waals surface area contributed by atoms with Gasteiger partial charge >= 0.3 is 0 Å². The summed E-state index contributed by atoms with van der Waals surface area (Å²) in [5.41, 5.74) is 1.56. The van der Waals surface area contributed by atoms with Gasteiger partial charge < -0.3 is 9.42 Å². The average molecular weight is 461 g/mol. The molecule has 0 radical (unpaired) electrons. The molecule has 2 heterocycles. The maximum absolute atomic E-state index is 13.2. The van der Waals surface area contributed by atoms with Gasteiger partial charge in [0.2, 0.25) is 17.6 Å². The molecule has 0 atom stereocenters. The molecule has 0 bridgehead atoms. The van der Waals surface area contributed by atoms with Crippen molar-refractivity contribution in [3.63, 3.8) is 0 Å². The topological polar surface area (TPSA) is 62.5 Å². The molecule has 1 fully saturated rings. The fourth-order valence-corrected chi connectivity index (χ4v) is 3.89. The van der Waals surface area contributed by atoms with E-state index in [1.807, 2.05) is 4.90 Å². The zero-order valence-electron chi connectivity index (χ0n) is 17.4. The van der Waals surface area contributed by atoms with Crippen molar-refractivity contribution in [1.82, 2.24) is 19.9 Å². The van der Waals surface area contributed by atoms with Gasteiger partial charge in [-0.25, -0.2) is 8.78 Å². The fourth-order valence-electron chi connectivity index (χ4n) is 3.67. The molecule has 0 saturated carbocycles. The van der Waals surface area contributed by atoms with Crippen molar-refractivity contribution in [2.75, 3.05) is 26.2 Å². The second-order valence-electron chi connectivity index (χ2n) is 7.76. The summed E-state index contributed by atoms with van der Waals surface area (Å²) in [5, 5.41) is 4.34. The van der Waals surface area contributed by atoms with Crippen LogP contribution in [0.15, 0.2) is 47.0 Å². The number of piperazine rings is 1. The van der Waals surface area contributed by atoms with Crippen molar-refractivity contribution < 1.29 is 18.1 Å². The van der Waals surface area contributed by atoms with Crippen LogP contribution < -0.4 is 0 Å². The number of carbonyl (C=O) groups is 1. The van der Waals surface area contributed by atoms with Gasteiger partial charge in [-0.2, -0.15) is 4.98 Å². The van der Waals surface area contributed by atoms with Crippen LogP contribution in [-0.4, -0.2) is 52.0 Å². The molecule has 0 N–H and O–H groups in total. The lowest BCUT2D eigenvalue weighted by Gasteiger charge is -2.35. The van der Waals surface area contributed by atoms with Crippen LogP contribution in [0.5, 0.6) is 0 Å². The number of hydrogen-bond donors (Lipinski definition) is 0. The molecule has 3 aromatic rings. The minimum atomic E-state index is -0.346. The summed E-state index contributed by atoms with van der Waals surface area (Å²) in [7, 11) is 0. The van der Waals surface area contributed by atoms with Crippen molar-refractivity contribution in [3.05, 3.63) is 70.6 Å². The van der Waals surface area contributed by atoms with Crippen LogP contribution in [0.2, 0.25) is 5.02 Å². The summed E-state index contributed by atoms with van der Waals surface area (Å²) in [6.07, 6.45) is 1.51. The third-order valence-corrected chi connectivity index (χ3v) is 5.84. The Balaban J connectivity index is 1.20. The molecule has 1 aromatic heterocycles. The van der Waals surface area contributed by atoms with E-state index in [4.69, 9.17) is 16.1 Å². The first kappa shape index (κ1) is 22.4. The van der Waals surface area contributed by atoms with E-state index in [0.29, 0.717) is 61.2 Å².